The fourth-order valence-corrected chi connectivity index (χ4v) is 5.40. The number of fused-ring (bicyclic) bond motifs is 3. The average molecular weight is 481 g/mol. The van der Waals surface area contributed by atoms with Gasteiger partial charge in [-0.05, 0) is 42.0 Å². The summed E-state index contributed by atoms with van der Waals surface area (Å²) in [7, 11) is 1.46. The summed E-state index contributed by atoms with van der Waals surface area (Å²) in [5.41, 5.74) is 3.11. The number of ether oxygens (including phenoxy) is 2. The van der Waals surface area contributed by atoms with Gasteiger partial charge in [0.05, 0.1) is 12.5 Å². The van der Waals surface area contributed by atoms with Crippen molar-refractivity contribution in [3.05, 3.63) is 59.7 Å². The number of carbonyl (C=O) groups excluding carboxylic acids is 2. The molecule has 0 spiro atoms. The van der Waals surface area contributed by atoms with Gasteiger partial charge in [-0.3, -0.25) is 9.59 Å². The minimum atomic E-state index is -1.35. The van der Waals surface area contributed by atoms with E-state index in [0.717, 1.165) is 22.3 Å². The Bertz CT molecular complexity index is 1070. The Balaban J connectivity index is 1.49. The maximum atomic E-state index is 13.6. The predicted molar refractivity (Wildman–Crippen MR) is 130 cm³/mol. The standard InChI is InChI=1S/C27H32N2O6/c1-4-27(16-34-3,25(32)29-14-13-18(17(29)2)24(30)31)28-26(33)35-15-23-21-11-7-5-9-19(21)20-10-6-8-12-22(20)23/h5-12,17-18,23H,4,13-16H2,1-3H3,(H,28,33)(H,30,31). The van der Waals surface area contributed by atoms with E-state index in [4.69, 9.17) is 9.47 Å². The number of likely N-dealkylation sites (tertiary alicyclic amines) is 1. The number of carboxylic acids is 1. The normalized spacial score (nSPS) is 20.6. The summed E-state index contributed by atoms with van der Waals surface area (Å²) in [5, 5.41) is 12.2. The van der Waals surface area contributed by atoms with Gasteiger partial charge >= 0.3 is 12.1 Å². The van der Waals surface area contributed by atoms with Crippen LogP contribution in [0.2, 0.25) is 0 Å². The van der Waals surface area contributed by atoms with Gasteiger partial charge in [-0.25, -0.2) is 4.79 Å². The van der Waals surface area contributed by atoms with Gasteiger partial charge in [-0.1, -0.05) is 55.5 Å². The maximum Gasteiger partial charge on any atom is 0.408 e. The zero-order valence-corrected chi connectivity index (χ0v) is 20.3. The van der Waals surface area contributed by atoms with Gasteiger partial charge in [-0.15, -0.1) is 0 Å². The second-order valence-corrected chi connectivity index (χ2v) is 9.29. The molecule has 4 rings (SSSR count). The molecule has 1 aliphatic heterocycles. The molecule has 3 atom stereocenters. The zero-order chi connectivity index (χ0) is 25.2. The topological polar surface area (TPSA) is 105 Å². The molecule has 2 N–H and O–H groups in total. The van der Waals surface area contributed by atoms with Crippen LogP contribution in [-0.4, -0.2) is 66.4 Å². The molecule has 2 amide bonds. The van der Waals surface area contributed by atoms with Crippen molar-refractivity contribution in [2.75, 3.05) is 26.9 Å². The van der Waals surface area contributed by atoms with Gasteiger partial charge in [0.15, 0.2) is 0 Å². The van der Waals surface area contributed by atoms with Crippen LogP contribution >= 0.6 is 0 Å². The third kappa shape index (κ3) is 4.50. The van der Waals surface area contributed by atoms with Crippen LogP contribution in [0.1, 0.15) is 43.7 Å². The van der Waals surface area contributed by atoms with Gasteiger partial charge < -0.3 is 24.8 Å². The van der Waals surface area contributed by atoms with Gasteiger partial charge in [0.25, 0.3) is 5.91 Å². The third-order valence-electron chi connectivity index (χ3n) is 7.42. The number of hydrogen-bond donors (Lipinski definition) is 2. The summed E-state index contributed by atoms with van der Waals surface area (Å²) in [6, 6.07) is 15.7. The summed E-state index contributed by atoms with van der Waals surface area (Å²) in [6.45, 7) is 3.91. The zero-order valence-electron chi connectivity index (χ0n) is 20.3. The molecule has 3 unspecified atom stereocenters. The summed E-state index contributed by atoms with van der Waals surface area (Å²) in [4.78, 5) is 39.6. The average Bonchev–Trinajstić information content (AvgIpc) is 3.40. The van der Waals surface area contributed by atoms with Crippen LogP contribution in [0.5, 0.6) is 0 Å². The largest absolute Gasteiger partial charge is 0.481 e. The molecule has 0 saturated carbocycles. The highest BCUT2D eigenvalue weighted by Crippen LogP contribution is 2.44. The van der Waals surface area contributed by atoms with Crippen molar-refractivity contribution in [2.45, 2.75) is 44.2 Å². The van der Waals surface area contributed by atoms with Gasteiger partial charge in [0.1, 0.15) is 12.1 Å². The number of benzene rings is 2. The van der Waals surface area contributed by atoms with Crippen molar-refractivity contribution < 1.29 is 29.0 Å². The van der Waals surface area contributed by atoms with E-state index in [1.807, 2.05) is 36.4 Å². The molecule has 8 nitrogen and oxygen atoms in total. The minimum Gasteiger partial charge on any atom is -0.481 e. The van der Waals surface area contributed by atoms with Crippen molar-refractivity contribution in [1.29, 1.82) is 0 Å². The number of alkyl carbamates (subject to hydrolysis) is 1. The van der Waals surface area contributed by atoms with E-state index in [1.165, 1.54) is 12.0 Å². The molecule has 0 bridgehead atoms. The number of nitrogens with zero attached hydrogens (tertiary/aromatic N) is 1. The van der Waals surface area contributed by atoms with E-state index >= 15 is 0 Å². The Morgan fingerprint density at radius 2 is 1.69 bits per heavy atom. The van der Waals surface area contributed by atoms with Gasteiger partial charge in [0, 0.05) is 25.6 Å². The first kappa shape index (κ1) is 24.7. The van der Waals surface area contributed by atoms with Crippen molar-refractivity contribution in [3.63, 3.8) is 0 Å². The van der Waals surface area contributed by atoms with Crippen molar-refractivity contribution >= 4 is 18.0 Å². The van der Waals surface area contributed by atoms with Crippen LogP contribution in [0.25, 0.3) is 11.1 Å². The van der Waals surface area contributed by atoms with E-state index in [2.05, 4.69) is 17.4 Å². The molecule has 1 aliphatic carbocycles. The lowest BCUT2D eigenvalue weighted by Crippen LogP contribution is -2.63. The maximum absolute atomic E-state index is 13.6. The number of nitrogens with one attached hydrogen (secondary N) is 1. The van der Waals surface area contributed by atoms with Crippen LogP contribution in [0, 0.1) is 5.92 Å². The molecular formula is C27H32N2O6. The monoisotopic (exact) mass is 480 g/mol. The van der Waals surface area contributed by atoms with Crippen molar-refractivity contribution in [1.82, 2.24) is 10.2 Å². The van der Waals surface area contributed by atoms with E-state index in [1.54, 1.807) is 13.8 Å². The molecular weight excluding hydrogens is 448 g/mol. The number of carboxylic acid groups (broad SMARTS) is 1. The highest BCUT2D eigenvalue weighted by Gasteiger charge is 2.47. The number of methoxy groups -OCH3 is 1. The minimum absolute atomic E-state index is 0.0481. The van der Waals surface area contributed by atoms with Crippen LogP contribution in [0.4, 0.5) is 4.79 Å². The Kier molecular flexibility index (Phi) is 7.12. The number of rotatable bonds is 8. The molecule has 35 heavy (non-hydrogen) atoms. The third-order valence-corrected chi connectivity index (χ3v) is 7.42. The Morgan fingerprint density at radius 3 is 2.20 bits per heavy atom. The van der Waals surface area contributed by atoms with E-state index in [0.29, 0.717) is 13.0 Å². The number of carbonyl (C=O) groups is 3. The van der Waals surface area contributed by atoms with E-state index in [9.17, 15) is 19.5 Å². The summed E-state index contributed by atoms with van der Waals surface area (Å²) >= 11 is 0. The first-order chi connectivity index (χ1) is 16.8. The highest BCUT2D eigenvalue weighted by atomic mass is 16.5. The lowest BCUT2D eigenvalue weighted by atomic mass is 9.94. The van der Waals surface area contributed by atoms with Gasteiger partial charge in [0.2, 0.25) is 0 Å². The van der Waals surface area contributed by atoms with Crippen LogP contribution < -0.4 is 5.32 Å². The molecule has 2 aromatic carbocycles. The summed E-state index contributed by atoms with van der Waals surface area (Å²) < 4.78 is 11.0. The summed E-state index contributed by atoms with van der Waals surface area (Å²) in [5.74, 6) is -2.01. The number of amides is 2. The fraction of sp³-hybridized carbons (Fsp3) is 0.444. The number of aliphatic carboxylic acids is 1. The Hall–Kier alpha value is -3.39. The van der Waals surface area contributed by atoms with Crippen molar-refractivity contribution in [2.24, 2.45) is 5.92 Å². The molecule has 186 valence electrons. The second kappa shape index (κ2) is 10.1. The smallest absolute Gasteiger partial charge is 0.408 e. The Morgan fingerprint density at radius 1 is 1.09 bits per heavy atom. The molecule has 2 aliphatic rings. The van der Waals surface area contributed by atoms with E-state index < -0.39 is 29.6 Å². The highest BCUT2D eigenvalue weighted by molar-refractivity contribution is 5.91. The second-order valence-electron chi connectivity index (χ2n) is 9.29. The fourth-order valence-electron chi connectivity index (χ4n) is 5.40. The number of hydrogen-bond acceptors (Lipinski definition) is 5. The summed E-state index contributed by atoms with van der Waals surface area (Å²) in [6.07, 6.45) is -0.0640. The Labute approximate surface area is 205 Å². The lowest BCUT2D eigenvalue weighted by Gasteiger charge is -2.37. The molecule has 1 heterocycles. The molecule has 1 fully saturated rings. The van der Waals surface area contributed by atoms with Crippen LogP contribution in [0.3, 0.4) is 0 Å². The lowest BCUT2D eigenvalue weighted by molar-refractivity contribution is -0.145. The van der Waals surface area contributed by atoms with E-state index in [-0.39, 0.29) is 31.5 Å². The molecule has 8 heteroatoms. The van der Waals surface area contributed by atoms with Crippen LogP contribution in [0.15, 0.2) is 48.5 Å². The molecule has 1 saturated heterocycles. The van der Waals surface area contributed by atoms with Crippen LogP contribution in [-0.2, 0) is 19.1 Å². The molecule has 0 aromatic heterocycles. The predicted octanol–water partition coefficient (Wildman–Crippen LogP) is 3.64. The van der Waals surface area contributed by atoms with Crippen molar-refractivity contribution in [3.8, 4) is 11.1 Å². The SMILES string of the molecule is CCC(COC)(NC(=O)OCC1c2ccccc2-c2ccccc21)C(=O)N1CCC(C(=O)O)C1C. The quantitative estimate of drug-likeness (QED) is 0.598. The molecule has 2 aromatic rings. The molecule has 0 radical (unpaired) electrons. The first-order valence-electron chi connectivity index (χ1n) is 12.0. The first-order valence-corrected chi connectivity index (χ1v) is 12.0. The van der Waals surface area contributed by atoms with Gasteiger partial charge in [-0.2, -0.15) is 0 Å².